The summed E-state index contributed by atoms with van der Waals surface area (Å²) in [5.41, 5.74) is 0.788. The van der Waals surface area contributed by atoms with Gasteiger partial charge in [-0.2, -0.15) is 0 Å². The molecule has 0 radical (unpaired) electrons. The largest absolute Gasteiger partial charge is 0.466 e. The number of carbonyl (C=O) groups excluding carboxylic acids is 1. The number of halogens is 2. The van der Waals surface area contributed by atoms with Crippen molar-refractivity contribution in [3.8, 4) is 0 Å². The van der Waals surface area contributed by atoms with E-state index in [9.17, 15) is 4.79 Å². The summed E-state index contributed by atoms with van der Waals surface area (Å²) in [4.78, 5) is 20.8. The fourth-order valence-corrected chi connectivity index (χ4v) is 4.91. The van der Waals surface area contributed by atoms with Crippen molar-refractivity contribution in [2.24, 2.45) is 17.8 Å². The van der Waals surface area contributed by atoms with E-state index in [1.54, 1.807) is 6.20 Å². The number of imidazole rings is 1. The molecule has 4 rings (SSSR count). The van der Waals surface area contributed by atoms with Crippen LogP contribution >= 0.6 is 27.5 Å². The van der Waals surface area contributed by atoms with Gasteiger partial charge in [-0.05, 0) is 47.5 Å². The van der Waals surface area contributed by atoms with Crippen LogP contribution in [0.15, 0.2) is 17.0 Å². The van der Waals surface area contributed by atoms with E-state index in [4.69, 9.17) is 16.3 Å². The van der Waals surface area contributed by atoms with Crippen LogP contribution in [0.5, 0.6) is 0 Å². The second-order valence-electron chi connectivity index (χ2n) is 5.90. The topological polar surface area (TPSA) is 56.5 Å². The Bertz CT molecular complexity index is 763. The maximum atomic E-state index is 12.0. The van der Waals surface area contributed by atoms with E-state index in [0.717, 1.165) is 24.2 Å². The molecule has 5 nitrogen and oxygen atoms in total. The van der Waals surface area contributed by atoms with Gasteiger partial charge in [0.2, 0.25) is 0 Å². The third-order valence-corrected chi connectivity index (χ3v) is 5.72. The van der Waals surface area contributed by atoms with Crippen LogP contribution in [-0.4, -0.2) is 26.9 Å². The summed E-state index contributed by atoms with van der Waals surface area (Å²) in [6.45, 7) is 2.29. The van der Waals surface area contributed by atoms with Gasteiger partial charge in [0.25, 0.3) is 0 Å². The molecule has 0 amide bonds. The van der Waals surface area contributed by atoms with Gasteiger partial charge in [0.05, 0.1) is 12.5 Å². The Morgan fingerprint density at radius 2 is 2.36 bits per heavy atom. The molecule has 2 fully saturated rings. The first kappa shape index (κ1) is 14.5. The van der Waals surface area contributed by atoms with Crippen LogP contribution in [0.3, 0.4) is 0 Å². The third kappa shape index (κ3) is 2.00. The molecule has 0 spiro atoms. The lowest BCUT2D eigenvalue weighted by Gasteiger charge is -2.13. The van der Waals surface area contributed by atoms with Crippen molar-refractivity contribution in [2.75, 3.05) is 6.61 Å². The SMILES string of the molecule is CCOC(=O)C1C2CCC(c3nc(Br)c4c(Cl)nccn34)C21. The minimum atomic E-state index is -0.0539. The Morgan fingerprint density at radius 1 is 1.55 bits per heavy atom. The van der Waals surface area contributed by atoms with Gasteiger partial charge in [0.1, 0.15) is 15.9 Å². The van der Waals surface area contributed by atoms with Gasteiger partial charge in [-0.3, -0.25) is 9.20 Å². The van der Waals surface area contributed by atoms with E-state index in [1.165, 1.54) is 0 Å². The Kier molecular flexibility index (Phi) is 3.42. The average Bonchev–Trinajstić information content (AvgIpc) is 2.87. The zero-order valence-corrected chi connectivity index (χ0v) is 14.3. The van der Waals surface area contributed by atoms with Gasteiger partial charge in [-0.1, -0.05) is 11.6 Å². The van der Waals surface area contributed by atoms with Crippen molar-refractivity contribution in [3.63, 3.8) is 0 Å². The summed E-state index contributed by atoms with van der Waals surface area (Å²) in [7, 11) is 0. The highest BCUT2D eigenvalue weighted by Crippen LogP contribution is 2.64. The lowest BCUT2D eigenvalue weighted by Crippen LogP contribution is -2.14. The lowest BCUT2D eigenvalue weighted by molar-refractivity contribution is -0.145. The first-order valence-corrected chi connectivity index (χ1v) is 8.65. The van der Waals surface area contributed by atoms with Crippen LogP contribution in [0.25, 0.3) is 5.52 Å². The lowest BCUT2D eigenvalue weighted by atomic mass is 9.99. The Balaban J connectivity index is 1.69. The number of ether oxygens (including phenoxy) is 1. The fraction of sp³-hybridized carbons (Fsp3) is 0.533. The van der Waals surface area contributed by atoms with Crippen LogP contribution < -0.4 is 0 Å². The van der Waals surface area contributed by atoms with E-state index in [0.29, 0.717) is 28.2 Å². The highest BCUT2D eigenvalue weighted by molar-refractivity contribution is 9.10. The molecule has 4 unspecified atom stereocenters. The highest BCUT2D eigenvalue weighted by Gasteiger charge is 2.63. The number of nitrogens with zero attached hydrogens (tertiary/aromatic N) is 3. The molecule has 22 heavy (non-hydrogen) atoms. The van der Waals surface area contributed by atoms with E-state index < -0.39 is 0 Å². The maximum Gasteiger partial charge on any atom is 0.309 e. The quantitative estimate of drug-likeness (QED) is 0.761. The predicted molar refractivity (Wildman–Crippen MR) is 84.8 cm³/mol. The first-order valence-electron chi connectivity index (χ1n) is 7.48. The summed E-state index contributed by atoms with van der Waals surface area (Å²) in [6.07, 6.45) is 5.67. The normalized spacial score (nSPS) is 29.6. The van der Waals surface area contributed by atoms with Gasteiger partial charge in [-0.15, -0.1) is 0 Å². The van der Waals surface area contributed by atoms with E-state index in [1.807, 2.05) is 17.5 Å². The monoisotopic (exact) mass is 383 g/mol. The molecule has 2 aliphatic rings. The molecule has 2 aromatic rings. The van der Waals surface area contributed by atoms with Gasteiger partial charge >= 0.3 is 5.97 Å². The predicted octanol–water partition coefficient (Wildman–Crippen LogP) is 3.45. The molecular formula is C15H15BrClN3O2. The smallest absolute Gasteiger partial charge is 0.309 e. The Hall–Kier alpha value is -1.14. The maximum absolute atomic E-state index is 12.0. The molecule has 0 bridgehead atoms. The Morgan fingerprint density at radius 3 is 3.14 bits per heavy atom. The summed E-state index contributed by atoms with van der Waals surface area (Å²) in [6, 6.07) is 0. The molecular weight excluding hydrogens is 370 g/mol. The number of carbonyl (C=O) groups is 1. The summed E-state index contributed by atoms with van der Waals surface area (Å²) < 4.78 is 7.89. The fourth-order valence-electron chi connectivity index (χ4n) is 4.00. The number of esters is 1. The molecule has 4 atom stereocenters. The van der Waals surface area contributed by atoms with Gasteiger partial charge in [-0.25, -0.2) is 9.97 Å². The van der Waals surface area contributed by atoms with Crippen LogP contribution in [-0.2, 0) is 9.53 Å². The van der Waals surface area contributed by atoms with Crippen molar-refractivity contribution >= 4 is 39.0 Å². The number of aromatic nitrogens is 3. The molecule has 2 aromatic heterocycles. The number of hydrogen-bond acceptors (Lipinski definition) is 4. The van der Waals surface area contributed by atoms with E-state index in [-0.39, 0.29) is 17.8 Å². The second-order valence-corrected chi connectivity index (χ2v) is 7.01. The molecule has 116 valence electrons. The summed E-state index contributed by atoms with van der Waals surface area (Å²) >= 11 is 9.64. The Labute approximate surface area is 141 Å². The molecule has 0 N–H and O–H groups in total. The molecule has 2 saturated carbocycles. The summed E-state index contributed by atoms with van der Waals surface area (Å²) in [5, 5.41) is 0.431. The van der Waals surface area contributed by atoms with Crippen molar-refractivity contribution in [1.82, 2.24) is 14.4 Å². The molecule has 2 aliphatic carbocycles. The third-order valence-electron chi connectivity index (χ3n) is 4.89. The number of hydrogen-bond donors (Lipinski definition) is 0. The minimum Gasteiger partial charge on any atom is -0.466 e. The van der Waals surface area contributed by atoms with Crippen LogP contribution in [0, 0.1) is 17.8 Å². The second kappa shape index (κ2) is 5.20. The summed E-state index contributed by atoms with van der Waals surface area (Å²) in [5.74, 6) is 2.03. The van der Waals surface area contributed by atoms with Crippen LogP contribution in [0.2, 0.25) is 5.15 Å². The minimum absolute atomic E-state index is 0.0436. The zero-order valence-electron chi connectivity index (χ0n) is 12.0. The van der Waals surface area contributed by atoms with E-state index in [2.05, 4.69) is 25.9 Å². The average molecular weight is 385 g/mol. The van der Waals surface area contributed by atoms with Gasteiger partial charge in [0.15, 0.2) is 5.15 Å². The first-order chi connectivity index (χ1) is 10.6. The van der Waals surface area contributed by atoms with Gasteiger partial charge in [0, 0.05) is 18.3 Å². The molecule has 7 heteroatoms. The van der Waals surface area contributed by atoms with Gasteiger partial charge < -0.3 is 4.74 Å². The van der Waals surface area contributed by atoms with Crippen molar-refractivity contribution < 1.29 is 9.53 Å². The van der Waals surface area contributed by atoms with Crippen molar-refractivity contribution in [3.05, 3.63) is 28.0 Å². The molecule has 0 saturated heterocycles. The van der Waals surface area contributed by atoms with Crippen LogP contribution in [0.4, 0.5) is 0 Å². The van der Waals surface area contributed by atoms with Crippen LogP contribution in [0.1, 0.15) is 31.5 Å². The molecule has 0 aromatic carbocycles. The highest BCUT2D eigenvalue weighted by atomic mass is 79.9. The molecule has 0 aliphatic heterocycles. The number of rotatable bonds is 3. The zero-order chi connectivity index (χ0) is 15.4. The number of fused-ring (bicyclic) bond motifs is 2. The molecule has 2 heterocycles. The van der Waals surface area contributed by atoms with Crippen molar-refractivity contribution in [2.45, 2.75) is 25.7 Å². The van der Waals surface area contributed by atoms with Crippen molar-refractivity contribution in [1.29, 1.82) is 0 Å². The standard InChI is InChI=1S/C15H15BrClN3O2/c1-2-22-15(21)10-7-3-4-8(9(7)10)14-19-12(16)11-13(17)18-5-6-20(11)14/h5-10H,2-4H2,1H3. The van der Waals surface area contributed by atoms with E-state index >= 15 is 0 Å².